The number of thiocarbonyl (C=S) groups is 1. The standard InChI is InChI=1S/C17H32N2O4S/c1-16(2,13(20)22-5)9-7-11-18-15(24)19-12-8-10-17(3,4)14(21)23-6/h7-12H2,1-6H3,(H2,18,19,24). The quantitative estimate of drug-likeness (QED) is 0.352. The maximum absolute atomic E-state index is 11.6. The van der Waals surface area contributed by atoms with Crippen molar-refractivity contribution >= 4 is 29.3 Å². The van der Waals surface area contributed by atoms with Crippen LogP contribution in [0.3, 0.4) is 0 Å². The first-order valence-electron chi connectivity index (χ1n) is 8.25. The summed E-state index contributed by atoms with van der Waals surface area (Å²) in [6.45, 7) is 8.88. The third-order valence-corrected chi connectivity index (χ3v) is 4.29. The second-order valence-electron chi connectivity index (χ2n) is 7.14. The summed E-state index contributed by atoms with van der Waals surface area (Å²) in [4.78, 5) is 23.1. The number of hydrogen-bond acceptors (Lipinski definition) is 5. The lowest BCUT2D eigenvalue weighted by molar-refractivity contribution is -0.151. The van der Waals surface area contributed by atoms with Crippen LogP contribution in [0.25, 0.3) is 0 Å². The van der Waals surface area contributed by atoms with Crippen LogP contribution in [0, 0.1) is 10.8 Å². The topological polar surface area (TPSA) is 76.7 Å². The van der Waals surface area contributed by atoms with E-state index < -0.39 is 10.8 Å². The summed E-state index contributed by atoms with van der Waals surface area (Å²) in [6, 6.07) is 0. The van der Waals surface area contributed by atoms with Crippen molar-refractivity contribution in [2.24, 2.45) is 10.8 Å². The average Bonchev–Trinajstić information content (AvgIpc) is 2.53. The van der Waals surface area contributed by atoms with Gasteiger partial charge < -0.3 is 20.1 Å². The number of esters is 2. The lowest BCUT2D eigenvalue weighted by Crippen LogP contribution is -2.37. The van der Waals surface area contributed by atoms with Gasteiger partial charge in [0, 0.05) is 13.1 Å². The molecule has 24 heavy (non-hydrogen) atoms. The van der Waals surface area contributed by atoms with Crippen molar-refractivity contribution in [1.82, 2.24) is 10.6 Å². The molecule has 6 nitrogen and oxygen atoms in total. The van der Waals surface area contributed by atoms with Crippen LogP contribution in [0.5, 0.6) is 0 Å². The fourth-order valence-corrected chi connectivity index (χ4v) is 2.49. The molecule has 7 heteroatoms. The molecule has 2 N–H and O–H groups in total. The molecule has 0 amide bonds. The first-order chi connectivity index (χ1) is 11.1. The molecule has 0 bridgehead atoms. The zero-order valence-corrected chi connectivity index (χ0v) is 16.6. The van der Waals surface area contributed by atoms with Crippen molar-refractivity contribution in [3.05, 3.63) is 0 Å². The first kappa shape index (κ1) is 22.6. The fraction of sp³-hybridized carbons (Fsp3) is 0.824. The normalized spacial score (nSPS) is 11.6. The molecule has 0 unspecified atom stereocenters. The van der Waals surface area contributed by atoms with Gasteiger partial charge in [0.15, 0.2) is 5.11 Å². The molecule has 0 aromatic rings. The van der Waals surface area contributed by atoms with Gasteiger partial charge in [0.05, 0.1) is 25.0 Å². The highest BCUT2D eigenvalue weighted by atomic mass is 32.1. The highest BCUT2D eigenvalue weighted by molar-refractivity contribution is 7.80. The molecule has 0 rings (SSSR count). The molecule has 0 spiro atoms. The fourth-order valence-electron chi connectivity index (χ4n) is 2.28. The lowest BCUT2D eigenvalue weighted by atomic mass is 9.88. The summed E-state index contributed by atoms with van der Waals surface area (Å²) in [7, 11) is 2.81. The molecule has 0 aliphatic carbocycles. The van der Waals surface area contributed by atoms with E-state index in [1.807, 2.05) is 27.7 Å². The van der Waals surface area contributed by atoms with Crippen LogP contribution >= 0.6 is 12.2 Å². The molecule has 0 heterocycles. The van der Waals surface area contributed by atoms with Crippen LogP contribution in [0.15, 0.2) is 0 Å². The largest absolute Gasteiger partial charge is 0.469 e. The van der Waals surface area contributed by atoms with Crippen LogP contribution < -0.4 is 10.6 Å². The van der Waals surface area contributed by atoms with Gasteiger partial charge in [-0.1, -0.05) is 0 Å². The molecule has 0 radical (unpaired) electrons. The van der Waals surface area contributed by atoms with E-state index in [-0.39, 0.29) is 11.9 Å². The maximum Gasteiger partial charge on any atom is 0.311 e. The zero-order valence-electron chi connectivity index (χ0n) is 15.8. The van der Waals surface area contributed by atoms with Gasteiger partial charge in [-0.15, -0.1) is 0 Å². The lowest BCUT2D eigenvalue weighted by Gasteiger charge is -2.22. The number of hydrogen-bond donors (Lipinski definition) is 2. The van der Waals surface area contributed by atoms with E-state index in [0.29, 0.717) is 18.2 Å². The molecule has 0 saturated heterocycles. The van der Waals surface area contributed by atoms with Crippen molar-refractivity contribution in [2.75, 3.05) is 27.3 Å². The number of rotatable bonds is 10. The van der Waals surface area contributed by atoms with E-state index in [1.54, 1.807) is 0 Å². The highest BCUT2D eigenvalue weighted by Crippen LogP contribution is 2.24. The van der Waals surface area contributed by atoms with Crippen LogP contribution in [-0.2, 0) is 19.1 Å². The summed E-state index contributed by atoms with van der Waals surface area (Å²) in [5, 5.41) is 6.83. The third kappa shape index (κ3) is 8.47. The average molecular weight is 361 g/mol. The SMILES string of the molecule is COC(=O)C(C)(C)CCCNC(=S)NCCCC(C)(C)C(=O)OC. The first-order valence-corrected chi connectivity index (χ1v) is 8.66. The molecule has 0 aliphatic heterocycles. The van der Waals surface area contributed by atoms with Gasteiger partial charge in [0.1, 0.15) is 0 Å². The Morgan fingerprint density at radius 2 is 1.17 bits per heavy atom. The number of carbonyl (C=O) groups excluding carboxylic acids is 2. The minimum atomic E-state index is -0.481. The Bertz CT molecular complexity index is 398. The molecule has 0 saturated carbocycles. The van der Waals surface area contributed by atoms with Gasteiger partial charge in [-0.25, -0.2) is 0 Å². The summed E-state index contributed by atoms with van der Waals surface area (Å²) < 4.78 is 9.56. The number of methoxy groups -OCH3 is 2. The highest BCUT2D eigenvalue weighted by Gasteiger charge is 2.28. The van der Waals surface area contributed by atoms with Crippen molar-refractivity contribution in [2.45, 2.75) is 53.4 Å². The number of carbonyl (C=O) groups is 2. The van der Waals surface area contributed by atoms with E-state index in [9.17, 15) is 9.59 Å². The van der Waals surface area contributed by atoms with Crippen molar-refractivity contribution in [1.29, 1.82) is 0 Å². The summed E-state index contributed by atoms with van der Waals surface area (Å²) in [5.74, 6) is -0.396. The predicted octanol–water partition coefficient (Wildman–Crippen LogP) is 2.41. The van der Waals surface area contributed by atoms with Gasteiger partial charge >= 0.3 is 11.9 Å². The van der Waals surface area contributed by atoms with E-state index >= 15 is 0 Å². The van der Waals surface area contributed by atoms with E-state index in [0.717, 1.165) is 25.7 Å². The second-order valence-corrected chi connectivity index (χ2v) is 7.55. The summed E-state index contributed by atoms with van der Waals surface area (Å²) >= 11 is 5.21. The zero-order chi connectivity index (χ0) is 18.8. The molecule has 0 fully saturated rings. The Kier molecular flexibility index (Phi) is 9.89. The Morgan fingerprint density at radius 1 is 0.833 bits per heavy atom. The van der Waals surface area contributed by atoms with Crippen molar-refractivity contribution < 1.29 is 19.1 Å². The molecular weight excluding hydrogens is 328 g/mol. The van der Waals surface area contributed by atoms with E-state index in [1.165, 1.54) is 14.2 Å². The van der Waals surface area contributed by atoms with Crippen molar-refractivity contribution in [3.8, 4) is 0 Å². The Balaban J connectivity index is 3.86. The summed E-state index contributed by atoms with van der Waals surface area (Å²) in [6.07, 6.45) is 3.09. The van der Waals surface area contributed by atoms with Gasteiger partial charge in [0.2, 0.25) is 0 Å². The minimum Gasteiger partial charge on any atom is -0.469 e. The maximum atomic E-state index is 11.6. The summed E-state index contributed by atoms with van der Waals surface area (Å²) in [5.41, 5.74) is -0.962. The molecule has 140 valence electrons. The van der Waals surface area contributed by atoms with Gasteiger partial charge in [-0.2, -0.15) is 0 Å². The van der Waals surface area contributed by atoms with E-state index in [4.69, 9.17) is 21.7 Å². The van der Waals surface area contributed by atoms with Crippen LogP contribution in [0.2, 0.25) is 0 Å². The number of nitrogens with one attached hydrogen (secondary N) is 2. The molecule has 0 atom stereocenters. The third-order valence-electron chi connectivity index (χ3n) is 4.00. The van der Waals surface area contributed by atoms with Crippen molar-refractivity contribution in [3.63, 3.8) is 0 Å². The van der Waals surface area contributed by atoms with Crippen LogP contribution in [-0.4, -0.2) is 44.4 Å². The number of ether oxygens (including phenoxy) is 2. The Morgan fingerprint density at radius 3 is 1.46 bits per heavy atom. The van der Waals surface area contributed by atoms with Crippen LogP contribution in [0.1, 0.15) is 53.4 Å². The predicted molar refractivity (Wildman–Crippen MR) is 98.7 cm³/mol. The van der Waals surface area contributed by atoms with Gasteiger partial charge in [-0.3, -0.25) is 9.59 Å². The monoisotopic (exact) mass is 360 g/mol. The minimum absolute atomic E-state index is 0.198. The van der Waals surface area contributed by atoms with Gasteiger partial charge in [0.25, 0.3) is 0 Å². The van der Waals surface area contributed by atoms with Gasteiger partial charge in [-0.05, 0) is 65.6 Å². The van der Waals surface area contributed by atoms with Crippen LogP contribution in [0.4, 0.5) is 0 Å². The molecule has 0 aliphatic rings. The molecule has 0 aromatic heterocycles. The second kappa shape index (κ2) is 10.5. The molecule has 0 aromatic carbocycles. The Labute approximate surface area is 151 Å². The molecular formula is C17H32N2O4S. The smallest absolute Gasteiger partial charge is 0.311 e. The Hall–Kier alpha value is -1.37. The van der Waals surface area contributed by atoms with E-state index in [2.05, 4.69) is 10.6 Å².